The summed E-state index contributed by atoms with van der Waals surface area (Å²) < 4.78 is 2.23. The Labute approximate surface area is 84.5 Å². The molecule has 2 heterocycles. The van der Waals surface area contributed by atoms with Gasteiger partial charge in [0.05, 0.1) is 15.9 Å². The Morgan fingerprint density at radius 2 is 2.38 bits per heavy atom. The molecule has 0 aliphatic carbocycles. The van der Waals surface area contributed by atoms with E-state index in [-0.39, 0.29) is 0 Å². The van der Waals surface area contributed by atoms with E-state index in [9.17, 15) is 4.79 Å². The van der Waals surface area contributed by atoms with Crippen LogP contribution >= 0.6 is 24.2 Å². The molecule has 0 saturated carbocycles. The van der Waals surface area contributed by atoms with Gasteiger partial charge in [0.1, 0.15) is 0 Å². The molecule has 0 saturated heterocycles. The number of rotatable bonds is 2. The second kappa shape index (κ2) is 3.35. The molecular formula is C8H6N2OS2. The topological polar surface area (TPSA) is 33.2 Å². The van der Waals surface area contributed by atoms with E-state index in [1.54, 1.807) is 23.6 Å². The van der Waals surface area contributed by atoms with E-state index in [4.69, 9.17) is 0 Å². The van der Waals surface area contributed by atoms with Crippen molar-refractivity contribution in [2.24, 2.45) is 0 Å². The zero-order valence-electron chi connectivity index (χ0n) is 6.54. The Kier molecular flexibility index (Phi) is 2.20. The van der Waals surface area contributed by atoms with Crippen molar-refractivity contribution < 1.29 is 4.79 Å². The third-order valence-corrected chi connectivity index (χ3v) is 2.91. The quantitative estimate of drug-likeness (QED) is 0.608. The van der Waals surface area contributed by atoms with E-state index >= 15 is 0 Å². The summed E-state index contributed by atoms with van der Waals surface area (Å²) in [5.41, 5.74) is 1.67. The lowest BCUT2D eigenvalue weighted by atomic mass is 10.3. The second-order valence-corrected chi connectivity index (χ2v) is 3.76. The minimum absolute atomic E-state index is 0.664. The number of nitrogens with zero attached hydrogens (tertiary/aromatic N) is 2. The lowest BCUT2D eigenvalue weighted by Crippen LogP contribution is -2.06. The van der Waals surface area contributed by atoms with E-state index in [1.807, 2.05) is 11.4 Å². The standard InChI is InChI=1S/C8H6N2OS2/c11-5-10(12)7-1-3-9-6-2-4-13-8(6)7/h1-5,12H. The van der Waals surface area contributed by atoms with Crippen molar-refractivity contribution in [1.82, 2.24) is 4.98 Å². The first-order valence-electron chi connectivity index (χ1n) is 3.58. The number of hydrogen-bond donors (Lipinski definition) is 1. The van der Waals surface area contributed by atoms with Gasteiger partial charge in [-0.25, -0.2) is 0 Å². The molecule has 0 atom stereocenters. The van der Waals surface area contributed by atoms with E-state index in [0.717, 1.165) is 15.9 Å². The van der Waals surface area contributed by atoms with Crippen LogP contribution in [0.5, 0.6) is 0 Å². The molecule has 66 valence electrons. The van der Waals surface area contributed by atoms with Crippen molar-refractivity contribution in [3.05, 3.63) is 23.7 Å². The fourth-order valence-corrected chi connectivity index (χ4v) is 2.19. The van der Waals surface area contributed by atoms with Crippen LogP contribution in [0.2, 0.25) is 0 Å². The minimum Gasteiger partial charge on any atom is -0.277 e. The Morgan fingerprint density at radius 1 is 1.54 bits per heavy atom. The van der Waals surface area contributed by atoms with E-state index in [0.29, 0.717) is 6.41 Å². The van der Waals surface area contributed by atoms with Crippen LogP contribution < -0.4 is 4.31 Å². The van der Waals surface area contributed by atoms with Crippen LogP contribution in [0.3, 0.4) is 0 Å². The van der Waals surface area contributed by atoms with Crippen molar-refractivity contribution >= 4 is 46.5 Å². The number of aromatic nitrogens is 1. The highest BCUT2D eigenvalue weighted by molar-refractivity contribution is 7.82. The molecule has 2 rings (SSSR count). The van der Waals surface area contributed by atoms with Gasteiger partial charge in [-0.2, -0.15) is 0 Å². The predicted octanol–water partition coefficient (Wildman–Crippen LogP) is 2.10. The molecule has 5 heteroatoms. The zero-order valence-corrected chi connectivity index (χ0v) is 8.26. The van der Waals surface area contributed by atoms with Crippen molar-refractivity contribution in [2.75, 3.05) is 4.31 Å². The van der Waals surface area contributed by atoms with Crippen LogP contribution in [-0.4, -0.2) is 11.4 Å². The zero-order chi connectivity index (χ0) is 9.26. The number of amides is 1. The molecule has 0 N–H and O–H groups in total. The maximum atomic E-state index is 10.5. The summed E-state index contributed by atoms with van der Waals surface area (Å²) in [6.45, 7) is 0. The number of thiophene rings is 1. The van der Waals surface area contributed by atoms with E-state index in [1.165, 1.54) is 4.31 Å². The molecule has 13 heavy (non-hydrogen) atoms. The summed E-state index contributed by atoms with van der Waals surface area (Å²) in [6, 6.07) is 3.68. The molecule has 0 aliphatic heterocycles. The maximum Gasteiger partial charge on any atom is 0.224 e. The van der Waals surface area contributed by atoms with Crippen LogP contribution in [0.1, 0.15) is 0 Å². The van der Waals surface area contributed by atoms with Crippen LogP contribution in [0, 0.1) is 0 Å². The molecule has 0 bridgehead atoms. The largest absolute Gasteiger partial charge is 0.277 e. The number of fused-ring (bicyclic) bond motifs is 1. The average Bonchev–Trinajstić information content (AvgIpc) is 2.63. The van der Waals surface area contributed by atoms with Crippen molar-refractivity contribution in [1.29, 1.82) is 0 Å². The summed E-state index contributed by atoms with van der Waals surface area (Å²) in [7, 11) is 0. The summed E-state index contributed by atoms with van der Waals surface area (Å²) in [6.07, 6.45) is 2.33. The molecule has 2 aromatic rings. The molecule has 0 unspecified atom stereocenters. The number of carbonyl (C=O) groups is 1. The number of pyridine rings is 1. The summed E-state index contributed by atoms with van der Waals surface area (Å²) in [4.78, 5) is 14.7. The molecule has 0 fully saturated rings. The van der Waals surface area contributed by atoms with Gasteiger partial charge < -0.3 is 0 Å². The van der Waals surface area contributed by atoms with Crippen LogP contribution in [0.15, 0.2) is 23.7 Å². The highest BCUT2D eigenvalue weighted by Gasteiger charge is 2.06. The van der Waals surface area contributed by atoms with Gasteiger partial charge in [0.15, 0.2) is 0 Å². The first-order valence-corrected chi connectivity index (χ1v) is 4.86. The van der Waals surface area contributed by atoms with Crippen molar-refractivity contribution in [3.8, 4) is 0 Å². The fourth-order valence-electron chi connectivity index (χ4n) is 1.10. The molecule has 3 nitrogen and oxygen atoms in total. The average molecular weight is 210 g/mol. The van der Waals surface area contributed by atoms with Gasteiger partial charge in [0, 0.05) is 6.20 Å². The van der Waals surface area contributed by atoms with Crippen LogP contribution in [0.4, 0.5) is 5.69 Å². The summed E-state index contributed by atoms with van der Waals surface area (Å²) >= 11 is 5.56. The number of anilines is 1. The van der Waals surface area contributed by atoms with Crippen molar-refractivity contribution in [3.63, 3.8) is 0 Å². The second-order valence-electron chi connectivity index (χ2n) is 2.42. The number of carbonyl (C=O) groups excluding carboxylic acids is 1. The Morgan fingerprint density at radius 3 is 3.15 bits per heavy atom. The SMILES string of the molecule is O=CN(S)c1ccnc2ccsc12. The normalized spacial score (nSPS) is 10.2. The fraction of sp³-hybridized carbons (Fsp3) is 0. The van der Waals surface area contributed by atoms with E-state index in [2.05, 4.69) is 17.8 Å². The van der Waals surface area contributed by atoms with Gasteiger partial charge in [0.25, 0.3) is 0 Å². The van der Waals surface area contributed by atoms with Gasteiger partial charge in [-0.1, -0.05) is 12.8 Å². The van der Waals surface area contributed by atoms with Gasteiger partial charge in [-0.3, -0.25) is 14.1 Å². The number of thiol groups is 1. The lowest BCUT2D eigenvalue weighted by Gasteiger charge is -2.08. The molecule has 0 spiro atoms. The van der Waals surface area contributed by atoms with Gasteiger partial charge in [-0.15, -0.1) is 11.3 Å². The highest BCUT2D eigenvalue weighted by Crippen LogP contribution is 2.29. The third-order valence-electron chi connectivity index (χ3n) is 1.67. The number of hydrogen-bond acceptors (Lipinski definition) is 4. The Balaban J connectivity index is 2.67. The molecule has 0 aromatic carbocycles. The van der Waals surface area contributed by atoms with Crippen LogP contribution in [-0.2, 0) is 4.79 Å². The first kappa shape index (κ1) is 8.52. The Hall–Kier alpha value is -1.07. The molecule has 0 radical (unpaired) electrons. The van der Waals surface area contributed by atoms with Gasteiger partial charge >= 0.3 is 0 Å². The molecular weight excluding hydrogens is 204 g/mol. The monoisotopic (exact) mass is 210 g/mol. The van der Waals surface area contributed by atoms with Gasteiger partial charge in [0.2, 0.25) is 6.41 Å². The van der Waals surface area contributed by atoms with Crippen molar-refractivity contribution in [2.45, 2.75) is 0 Å². The molecule has 0 aliphatic rings. The first-order chi connectivity index (χ1) is 6.33. The van der Waals surface area contributed by atoms with Crippen LogP contribution in [0.25, 0.3) is 10.2 Å². The van der Waals surface area contributed by atoms with Gasteiger partial charge in [-0.05, 0) is 17.5 Å². The highest BCUT2D eigenvalue weighted by atomic mass is 32.1. The summed E-state index contributed by atoms with van der Waals surface area (Å²) in [5, 5.41) is 1.94. The Bertz CT molecular complexity index is 440. The third kappa shape index (κ3) is 1.40. The minimum atomic E-state index is 0.664. The smallest absolute Gasteiger partial charge is 0.224 e. The lowest BCUT2D eigenvalue weighted by molar-refractivity contribution is -0.106. The van der Waals surface area contributed by atoms with E-state index < -0.39 is 0 Å². The summed E-state index contributed by atoms with van der Waals surface area (Å²) in [5.74, 6) is 0. The maximum absolute atomic E-state index is 10.5. The molecule has 2 aromatic heterocycles. The molecule has 1 amide bonds. The predicted molar refractivity (Wildman–Crippen MR) is 57.1 cm³/mol.